The molecule has 2 N–H and O–H groups in total. The van der Waals surface area contributed by atoms with Crippen LogP contribution in [-0.4, -0.2) is 4.57 Å². The molecule has 3 heteroatoms. The number of nitrogens with zero attached hydrogens (tertiary/aromatic N) is 1. The molecule has 1 aromatic heterocycles. The van der Waals surface area contributed by atoms with E-state index < -0.39 is 0 Å². The molecule has 3 aromatic rings. The largest absolute Gasteiger partial charge is 0.487 e. The van der Waals surface area contributed by atoms with E-state index in [0.717, 1.165) is 11.3 Å². The van der Waals surface area contributed by atoms with Crippen molar-refractivity contribution in [1.82, 2.24) is 4.57 Å². The van der Waals surface area contributed by atoms with Crippen molar-refractivity contribution in [1.29, 1.82) is 0 Å². The number of rotatable bonds is 5. The van der Waals surface area contributed by atoms with Crippen molar-refractivity contribution in [3.05, 3.63) is 65.9 Å². The van der Waals surface area contributed by atoms with E-state index in [2.05, 4.69) is 42.7 Å². The van der Waals surface area contributed by atoms with Gasteiger partial charge in [0.2, 0.25) is 0 Å². The number of nitrogens with two attached hydrogens (primary N) is 1. The van der Waals surface area contributed by atoms with Crippen molar-refractivity contribution < 1.29 is 4.74 Å². The predicted octanol–water partition coefficient (Wildman–Crippen LogP) is 4.26. The lowest BCUT2D eigenvalue weighted by molar-refractivity contribution is 0.293. The minimum absolute atomic E-state index is 0.385. The molecule has 0 amide bonds. The number of fused-ring (bicyclic) bond motifs is 1. The number of hydrogen-bond donors (Lipinski definition) is 1. The van der Waals surface area contributed by atoms with Crippen molar-refractivity contribution in [2.75, 3.05) is 0 Å². The van der Waals surface area contributed by atoms with Gasteiger partial charge in [0.05, 0.1) is 5.69 Å². The van der Waals surface area contributed by atoms with Crippen LogP contribution in [0.5, 0.6) is 5.75 Å². The molecule has 0 radical (unpaired) electrons. The first kappa shape index (κ1) is 14.7. The maximum Gasteiger partial charge on any atom is 0.128 e. The van der Waals surface area contributed by atoms with Gasteiger partial charge in [-0.2, -0.15) is 0 Å². The second-order valence-electron chi connectivity index (χ2n) is 5.80. The Morgan fingerprint density at radius 2 is 1.82 bits per heavy atom. The molecule has 0 saturated carbocycles. The smallest absolute Gasteiger partial charge is 0.128 e. The minimum atomic E-state index is 0.385. The number of para-hydroxylation sites is 1. The maximum absolute atomic E-state index is 5.92. The molecule has 114 valence electrons. The van der Waals surface area contributed by atoms with Crippen LogP contribution in [0.4, 0.5) is 0 Å². The average Bonchev–Trinajstić information content (AvgIpc) is 2.91. The molecule has 2 aromatic carbocycles. The van der Waals surface area contributed by atoms with Gasteiger partial charge in [0.1, 0.15) is 12.4 Å². The quantitative estimate of drug-likeness (QED) is 0.763. The summed E-state index contributed by atoms with van der Waals surface area (Å²) in [6.07, 6.45) is 0. The Hall–Kier alpha value is -2.26. The zero-order valence-corrected chi connectivity index (χ0v) is 13.1. The van der Waals surface area contributed by atoms with Crippen LogP contribution in [0.15, 0.2) is 54.6 Å². The van der Waals surface area contributed by atoms with E-state index in [1.54, 1.807) is 0 Å². The second kappa shape index (κ2) is 6.24. The molecule has 0 saturated heterocycles. The van der Waals surface area contributed by atoms with Gasteiger partial charge in [0.25, 0.3) is 0 Å². The fourth-order valence-corrected chi connectivity index (χ4v) is 2.86. The number of aromatic nitrogens is 1. The predicted molar refractivity (Wildman–Crippen MR) is 91.0 cm³/mol. The lowest BCUT2D eigenvalue weighted by atomic mass is 10.1. The molecule has 0 fully saturated rings. The van der Waals surface area contributed by atoms with Crippen molar-refractivity contribution >= 4 is 10.9 Å². The van der Waals surface area contributed by atoms with Crippen LogP contribution in [0.25, 0.3) is 10.9 Å². The third kappa shape index (κ3) is 2.85. The zero-order valence-electron chi connectivity index (χ0n) is 13.1. The molecule has 1 heterocycles. The van der Waals surface area contributed by atoms with Gasteiger partial charge in [-0.25, -0.2) is 0 Å². The molecule has 22 heavy (non-hydrogen) atoms. The van der Waals surface area contributed by atoms with Gasteiger partial charge in [-0.3, -0.25) is 0 Å². The molecular formula is C19H22N2O. The molecule has 0 unspecified atom stereocenters. The topological polar surface area (TPSA) is 40.2 Å². The molecular weight excluding hydrogens is 272 g/mol. The molecule has 3 rings (SSSR count). The fourth-order valence-electron chi connectivity index (χ4n) is 2.86. The second-order valence-corrected chi connectivity index (χ2v) is 5.80. The molecule has 0 aliphatic rings. The Bertz CT molecular complexity index is 760. The first-order valence-corrected chi connectivity index (χ1v) is 7.69. The first-order chi connectivity index (χ1) is 10.7. The average molecular weight is 294 g/mol. The van der Waals surface area contributed by atoms with Crippen molar-refractivity contribution in [2.45, 2.75) is 33.0 Å². The van der Waals surface area contributed by atoms with Gasteiger partial charge in [0.15, 0.2) is 0 Å². The highest BCUT2D eigenvalue weighted by Gasteiger charge is 2.12. The summed E-state index contributed by atoms with van der Waals surface area (Å²) in [5.74, 6) is 0.894. The highest BCUT2D eigenvalue weighted by molar-refractivity contribution is 5.82. The summed E-state index contributed by atoms with van der Waals surface area (Å²) in [5.41, 5.74) is 9.32. The fraction of sp³-hybridized carbons (Fsp3) is 0.263. The number of benzene rings is 2. The monoisotopic (exact) mass is 294 g/mol. The van der Waals surface area contributed by atoms with Crippen LogP contribution in [0.2, 0.25) is 0 Å². The Balaban J connectivity index is 1.95. The molecule has 0 aliphatic heterocycles. The van der Waals surface area contributed by atoms with Crippen LogP contribution in [0, 0.1) is 0 Å². The van der Waals surface area contributed by atoms with Gasteiger partial charge in [-0.05, 0) is 49.7 Å². The van der Waals surface area contributed by atoms with Gasteiger partial charge >= 0.3 is 0 Å². The van der Waals surface area contributed by atoms with Crippen LogP contribution in [0.3, 0.4) is 0 Å². The molecule has 0 bridgehead atoms. The van der Waals surface area contributed by atoms with Crippen LogP contribution < -0.4 is 10.5 Å². The molecule has 0 spiro atoms. The van der Waals surface area contributed by atoms with Gasteiger partial charge < -0.3 is 15.0 Å². The summed E-state index contributed by atoms with van der Waals surface area (Å²) in [4.78, 5) is 0. The Labute approximate surface area is 131 Å². The third-order valence-electron chi connectivity index (χ3n) is 3.87. The number of ether oxygens (including phenoxy) is 1. The summed E-state index contributed by atoms with van der Waals surface area (Å²) < 4.78 is 8.26. The van der Waals surface area contributed by atoms with Crippen molar-refractivity contribution in [3.8, 4) is 5.75 Å². The number of hydrogen-bond acceptors (Lipinski definition) is 2. The lowest BCUT2D eigenvalue weighted by Gasteiger charge is -2.15. The molecule has 0 aliphatic carbocycles. The van der Waals surface area contributed by atoms with Crippen LogP contribution in [0.1, 0.15) is 31.1 Å². The highest BCUT2D eigenvalue weighted by atomic mass is 16.5. The van der Waals surface area contributed by atoms with Gasteiger partial charge in [0, 0.05) is 23.5 Å². The Morgan fingerprint density at radius 1 is 1.05 bits per heavy atom. The third-order valence-corrected chi connectivity index (χ3v) is 3.87. The van der Waals surface area contributed by atoms with E-state index in [1.807, 2.05) is 30.3 Å². The van der Waals surface area contributed by atoms with E-state index in [1.165, 1.54) is 16.6 Å². The van der Waals surface area contributed by atoms with Crippen molar-refractivity contribution in [3.63, 3.8) is 0 Å². The SMILES string of the molecule is CC(C)n1c(COc2ccccc2)cc2cc(CN)ccc21. The Kier molecular flexibility index (Phi) is 4.16. The normalized spacial score (nSPS) is 11.3. The zero-order chi connectivity index (χ0) is 15.5. The molecule has 0 atom stereocenters. The van der Waals surface area contributed by atoms with Gasteiger partial charge in [-0.1, -0.05) is 24.3 Å². The summed E-state index contributed by atoms with van der Waals surface area (Å²) in [6, 6.07) is 18.9. The first-order valence-electron chi connectivity index (χ1n) is 7.69. The Morgan fingerprint density at radius 3 is 2.50 bits per heavy atom. The van der Waals surface area contributed by atoms with Crippen molar-refractivity contribution in [2.24, 2.45) is 5.73 Å². The molecule has 3 nitrogen and oxygen atoms in total. The van der Waals surface area contributed by atoms with E-state index in [-0.39, 0.29) is 0 Å². The van der Waals surface area contributed by atoms with Crippen LogP contribution in [-0.2, 0) is 13.2 Å². The summed E-state index contributed by atoms with van der Waals surface area (Å²) in [6.45, 7) is 5.53. The van der Waals surface area contributed by atoms with E-state index >= 15 is 0 Å². The maximum atomic E-state index is 5.92. The standard InChI is InChI=1S/C19H22N2O/c1-14(2)21-17(13-22-18-6-4-3-5-7-18)11-16-10-15(12-20)8-9-19(16)21/h3-11,14H,12-13,20H2,1-2H3. The minimum Gasteiger partial charge on any atom is -0.487 e. The van der Waals surface area contributed by atoms with Crippen LogP contribution >= 0.6 is 0 Å². The summed E-state index contributed by atoms with van der Waals surface area (Å²) in [5, 5.41) is 1.23. The van der Waals surface area contributed by atoms with E-state index in [0.29, 0.717) is 19.2 Å². The highest BCUT2D eigenvalue weighted by Crippen LogP contribution is 2.26. The summed E-state index contributed by atoms with van der Waals surface area (Å²) >= 11 is 0. The van der Waals surface area contributed by atoms with E-state index in [9.17, 15) is 0 Å². The van der Waals surface area contributed by atoms with E-state index in [4.69, 9.17) is 10.5 Å². The lowest BCUT2D eigenvalue weighted by Crippen LogP contribution is -2.08. The van der Waals surface area contributed by atoms with Gasteiger partial charge in [-0.15, -0.1) is 0 Å². The summed E-state index contributed by atoms with van der Waals surface area (Å²) in [7, 11) is 0.